The van der Waals surface area contributed by atoms with Gasteiger partial charge in [0.05, 0.1) is 5.69 Å². The van der Waals surface area contributed by atoms with E-state index in [0.29, 0.717) is 5.92 Å². The van der Waals surface area contributed by atoms with Crippen molar-refractivity contribution in [2.75, 3.05) is 0 Å². The molecule has 0 fully saturated rings. The molecule has 20 heavy (non-hydrogen) atoms. The van der Waals surface area contributed by atoms with Gasteiger partial charge in [-0.05, 0) is 26.7 Å². The molecule has 0 saturated carbocycles. The molecule has 2 aromatic rings. The van der Waals surface area contributed by atoms with Crippen LogP contribution in [0.2, 0.25) is 0 Å². The molecule has 0 amide bonds. The molecule has 0 aliphatic rings. The highest BCUT2D eigenvalue weighted by Crippen LogP contribution is 2.21. The molecule has 4 heteroatoms. The molecule has 0 aliphatic heterocycles. The Labute approximate surface area is 121 Å². The molecule has 1 atom stereocenters. The molecule has 2 aromatic heterocycles. The van der Waals surface area contributed by atoms with Gasteiger partial charge in [0, 0.05) is 44.0 Å². The van der Waals surface area contributed by atoms with E-state index in [1.807, 2.05) is 6.20 Å². The van der Waals surface area contributed by atoms with Crippen LogP contribution in [0, 0.1) is 13.8 Å². The second-order valence-electron chi connectivity index (χ2n) is 5.73. The highest BCUT2D eigenvalue weighted by atomic mass is 15.1. The first-order chi connectivity index (χ1) is 9.45. The third-order valence-electron chi connectivity index (χ3n) is 4.40. The zero-order valence-electron chi connectivity index (χ0n) is 13.6. The van der Waals surface area contributed by atoms with E-state index in [-0.39, 0.29) is 0 Å². The maximum atomic E-state index is 4.76. The first-order valence-corrected chi connectivity index (χ1v) is 7.45. The summed E-state index contributed by atoms with van der Waals surface area (Å²) in [5, 5.41) is 0. The Morgan fingerprint density at radius 3 is 2.40 bits per heavy atom. The first kappa shape index (κ1) is 14.8. The predicted octanol–water partition coefficient (Wildman–Crippen LogP) is 3.07. The van der Waals surface area contributed by atoms with Gasteiger partial charge in [-0.1, -0.05) is 13.8 Å². The summed E-state index contributed by atoms with van der Waals surface area (Å²) in [4.78, 5) is 9.28. The summed E-state index contributed by atoms with van der Waals surface area (Å²) in [7, 11) is 4.20. The molecule has 4 nitrogen and oxygen atoms in total. The van der Waals surface area contributed by atoms with E-state index in [1.165, 1.54) is 28.7 Å². The Morgan fingerprint density at radius 2 is 1.90 bits per heavy atom. The Bertz CT molecular complexity index is 592. The minimum atomic E-state index is 0.459. The average molecular weight is 274 g/mol. The van der Waals surface area contributed by atoms with Crippen molar-refractivity contribution in [3.05, 3.63) is 34.9 Å². The first-order valence-electron chi connectivity index (χ1n) is 7.45. The molecule has 0 aromatic carbocycles. The van der Waals surface area contributed by atoms with Gasteiger partial charge in [-0.2, -0.15) is 0 Å². The van der Waals surface area contributed by atoms with Gasteiger partial charge in [-0.25, -0.2) is 9.97 Å². The monoisotopic (exact) mass is 274 g/mol. The normalized spacial score (nSPS) is 12.9. The van der Waals surface area contributed by atoms with Gasteiger partial charge in [-0.15, -0.1) is 0 Å². The number of imidazole rings is 2. The van der Waals surface area contributed by atoms with Crippen molar-refractivity contribution in [2.24, 2.45) is 14.1 Å². The van der Waals surface area contributed by atoms with E-state index in [2.05, 4.69) is 55.9 Å². The quantitative estimate of drug-likeness (QED) is 0.840. The number of hydrogen-bond donors (Lipinski definition) is 0. The van der Waals surface area contributed by atoms with Gasteiger partial charge in [0.15, 0.2) is 0 Å². The molecule has 2 rings (SSSR count). The van der Waals surface area contributed by atoms with Crippen LogP contribution in [0.3, 0.4) is 0 Å². The number of hydrogen-bond acceptors (Lipinski definition) is 2. The lowest BCUT2D eigenvalue weighted by molar-refractivity contribution is 0.601. The van der Waals surface area contributed by atoms with Crippen LogP contribution in [0.25, 0.3) is 0 Å². The Morgan fingerprint density at radius 1 is 1.20 bits per heavy atom. The third kappa shape index (κ3) is 2.65. The zero-order chi connectivity index (χ0) is 14.9. The van der Waals surface area contributed by atoms with Crippen LogP contribution in [0.4, 0.5) is 0 Å². The van der Waals surface area contributed by atoms with Gasteiger partial charge in [0.1, 0.15) is 11.6 Å². The van der Waals surface area contributed by atoms with Crippen LogP contribution in [-0.4, -0.2) is 19.1 Å². The Balaban J connectivity index is 2.07. The van der Waals surface area contributed by atoms with E-state index in [1.54, 1.807) is 0 Å². The fourth-order valence-corrected chi connectivity index (χ4v) is 2.71. The van der Waals surface area contributed by atoms with E-state index in [4.69, 9.17) is 4.98 Å². The third-order valence-corrected chi connectivity index (χ3v) is 4.40. The highest BCUT2D eigenvalue weighted by Gasteiger charge is 2.15. The standard InChI is InChI=1S/C16H26N4/c1-7-15-18-14(13(4)20(15)6)9-8-11(2)16-17-10-12(3)19(16)5/h10-11H,7-9H2,1-6H3. The van der Waals surface area contributed by atoms with Crippen LogP contribution in [0.1, 0.15) is 54.9 Å². The lowest BCUT2D eigenvalue weighted by atomic mass is 10.0. The summed E-state index contributed by atoms with van der Waals surface area (Å²) in [6.07, 6.45) is 5.05. The van der Waals surface area contributed by atoms with Crippen LogP contribution < -0.4 is 0 Å². The zero-order valence-corrected chi connectivity index (χ0v) is 13.6. The largest absolute Gasteiger partial charge is 0.335 e. The molecule has 2 heterocycles. The topological polar surface area (TPSA) is 35.6 Å². The summed E-state index contributed by atoms with van der Waals surface area (Å²) in [6, 6.07) is 0. The highest BCUT2D eigenvalue weighted by molar-refractivity contribution is 5.16. The second kappa shape index (κ2) is 5.81. The predicted molar refractivity (Wildman–Crippen MR) is 82.0 cm³/mol. The minimum Gasteiger partial charge on any atom is -0.335 e. The maximum Gasteiger partial charge on any atom is 0.111 e. The summed E-state index contributed by atoms with van der Waals surface area (Å²) in [6.45, 7) is 8.67. The fraction of sp³-hybridized carbons (Fsp3) is 0.625. The Kier molecular flexibility index (Phi) is 4.31. The van der Waals surface area contributed by atoms with Gasteiger partial charge >= 0.3 is 0 Å². The lowest BCUT2D eigenvalue weighted by Gasteiger charge is -2.11. The Hall–Kier alpha value is -1.58. The van der Waals surface area contributed by atoms with E-state index < -0.39 is 0 Å². The average Bonchev–Trinajstić information content (AvgIpc) is 2.90. The van der Waals surface area contributed by atoms with Crippen molar-refractivity contribution >= 4 is 0 Å². The molecule has 0 radical (unpaired) electrons. The molecule has 0 spiro atoms. The van der Waals surface area contributed by atoms with Crippen molar-refractivity contribution in [1.29, 1.82) is 0 Å². The summed E-state index contributed by atoms with van der Waals surface area (Å²) in [5.74, 6) is 2.81. The molecule has 0 aliphatic carbocycles. The van der Waals surface area contributed by atoms with Crippen LogP contribution in [0.5, 0.6) is 0 Å². The van der Waals surface area contributed by atoms with Gasteiger partial charge in [-0.3, -0.25) is 0 Å². The van der Waals surface area contributed by atoms with Crippen molar-refractivity contribution in [1.82, 2.24) is 19.1 Å². The summed E-state index contributed by atoms with van der Waals surface area (Å²) < 4.78 is 4.40. The lowest BCUT2D eigenvalue weighted by Crippen LogP contribution is -2.06. The number of rotatable bonds is 5. The van der Waals surface area contributed by atoms with Crippen molar-refractivity contribution in [3.63, 3.8) is 0 Å². The van der Waals surface area contributed by atoms with Gasteiger partial charge in [0.25, 0.3) is 0 Å². The van der Waals surface area contributed by atoms with Crippen LogP contribution >= 0.6 is 0 Å². The van der Waals surface area contributed by atoms with Gasteiger partial charge in [0.2, 0.25) is 0 Å². The molecular formula is C16H26N4. The van der Waals surface area contributed by atoms with Crippen molar-refractivity contribution in [2.45, 2.75) is 52.9 Å². The number of aromatic nitrogens is 4. The van der Waals surface area contributed by atoms with Crippen molar-refractivity contribution in [3.8, 4) is 0 Å². The summed E-state index contributed by atoms with van der Waals surface area (Å²) in [5.41, 5.74) is 3.75. The van der Waals surface area contributed by atoms with Gasteiger partial charge < -0.3 is 9.13 Å². The second-order valence-corrected chi connectivity index (χ2v) is 5.73. The number of nitrogens with zero attached hydrogens (tertiary/aromatic N) is 4. The number of aryl methyl sites for hydroxylation is 3. The smallest absolute Gasteiger partial charge is 0.111 e. The van der Waals surface area contributed by atoms with E-state index >= 15 is 0 Å². The molecule has 0 N–H and O–H groups in total. The van der Waals surface area contributed by atoms with Crippen molar-refractivity contribution < 1.29 is 0 Å². The molecular weight excluding hydrogens is 248 g/mol. The maximum absolute atomic E-state index is 4.76. The molecule has 0 bridgehead atoms. The fourth-order valence-electron chi connectivity index (χ4n) is 2.71. The van der Waals surface area contributed by atoms with E-state index in [9.17, 15) is 0 Å². The molecule has 0 saturated heterocycles. The minimum absolute atomic E-state index is 0.459. The van der Waals surface area contributed by atoms with E-state index in [0.717, 1.165) is 19.3 Å². The summed E-state index contributed by atoms with van der Waals surface area (Å²) >= 11 is 0. The molecule has 1 unspecified atom stereocenters. The molecule has 110 valence electrons. The van der Waals surface area contributed by atoms with Crippen LogP contribution in [0.15, 0.2) is 6.20 Å². The SMILES string of the molecule is CCc1nc(CCC(C)c2ncc(C)n2C)c(C)n1C. The van der Waals surface area contributed by atoms with Crippen LogP contribution in [-0.2, 0) is 26.9 Å².